The Labute approximate surface area is 130 Å². The standard InChI is InChI=1S/C16H20ClN3O/c1-4-9-18-16(21)14-10-19-20(15(14)11(2)3)13-7-5-12(17)6-8-13/h5-8,10-11H,4,9H2,1-3H3,(H,18,21). The van der Waals surface area contributed by atoms with Crippen molar-refractivity contribution in [3.63, 3.8) is 0 Å². The zero-order valence-corrected chi connectivity index (χ0v) is 13.3. The number of rotatable bonds is 5. The molecule has 0 aliphatic heterocycles. The molecule has 2 rings (SSSR count). The van der Waals surface area contributed by atoms with Gasteiger partial charge in [-0.2, -0.15) is 5.10 Å². The number of benzene rings is 1. The minimum absolute atomic E-state index is 0.0687. The minimum Gasteiger partial charge on any atom is -0.352 e. The normalized spacial score (nSPS) is 10.9. The Morgan fingerprint density at radius 3 is 2.57 bits per heavy atom. The van der Waals surface area contributed by atoms with Gasteiger partial charge in [-0.25, -0.2) is 4.68 Å². The van der Waals surface area contributed by atoms with E-state index in [-0.39, 0.29) is 11.8 Å². The van der Waals surface area contributed by atoms with Gasteiger partial charge in [-0.3, -0.25) is 4.79 Å². The third-order valence-corrected chi connectivity index (χ3v) is 3.46. The fourth-order valence-electron chi connectivity index (χ4n) is 2.21. The van der Waals surface area contributed by atoms with Crippen molar-refractivity contribution in [2.75, 3.05) is 6.54 Å². The number of carbonyl (C=O) groups excluding carboxylic acids is 1. The second kappa shape index (κ2) is 6.76. The van der Waals surface area contributed by atoms with E-state index in [4.69, 9.17) is 11.6 Å². The van der Waals surface area contributed by atoms with Crippen molar-refractivity contribution in [2.45, 2.75) is 33.1 Å². The summed E-state index contributed by atoms with van der Waals surface area (Å²) < 4.78 is 1.81. The zero-order valence-electron chi connectivity index (χ0n) is 12.6. The third kappa shape index (κ3) is 3.45. The second-order valence-electron chi connectivity index (χ2n) is 5.24. The van der Waals surface area contributed by atoms with Gasteiger partial charge in [0.2, 0.25) is 0 Å². The van der Waals surface area contributed by atoms with Crippen LogP contribution in [0.5, 0.6) is 0 Å². The molecule has 0 unspecified atom stereocenters. The Morgan fingerprint density at radius 2 is 2.00 bits per heavy atom. The van der Waals surface area contributed by atoms with Crippen LogP contribution in [0.2, 0.25) is 5.02 Å². The number of amides is 1. The van der Waals surface area contributed by atoms with Crippen molar-refractivity contribution in [3.05, 3.63) is 46.7 Å². The van der Waals surface area contributed by atoms with Crippen LogP contribution in [-0.4, -0.2) is 22.2 Å². The van der Waals surface area contributed by atoms with Crippen molar-refractivity contribution < 1.29 is 4.79 Å². The number of hydrogen-bond acceptors (Lipinski definition) is 2. The van der Waals surface area contributed by atoms with Gasteiger partial charge in [-0.15, -0.1) is 0 Å². The highest BCUT2D eigenvalue weighted by atomic mass is 35.5. The lowest BCUT2D eigenvalue weighted by atomic mass is 10.0. The van der Waals surface area contributed by atoms with E-state index in [1.807, 2.05) is 35.9 Å². The maximum absolute atomic E-state index is 12.2. The molecule has 0 bridgehead atoms. The van der Waals surface area contributed by atoms with Crippen molar-refractivity contribution in [3.8, 4) is 5.69 Å². The molecule has 1 amide bonds. The second-order valence-corrected chi connectivity index (χ2v) is 5.68. The summed E-state index contributed by atoms with van der Waals surface area (Å²) in [4.78, 5) is 12.2. The summed E-state index contributed by atoms with van der Waals surface area (Å²) in [6, 6.07) is 7.43. The molecule has 2 aromatic rings. The largest absolute Gasteiger partial charge is 0.352 e. The molecule has 0 fully saturated rings. The Morgan fingerprint density at radius 1 is 1.33 bits per heavy atom. The molecule has 1 aromatic carbocycles. The number of nitrogens with one attached hydrogen (secondary N) is 1. The minimum atomic E-state index is -0.0687. The van der Waals surface area contributed by atoms with Crippen LogP contribution in [-0.2, 0) is 0 Å². The van der Waals surface area contributed by atoms with Gasteiger partial charge in [-0.1, -0.05) is 32.4 Å². The third-order valence-electron chi connectivity index (χ3n) is 3.20. The molecule has 0 aliphatic rings. The van der Waals surface area contributed by atoms with Gasteiger partial charge in [0.1, 0.15) is 0 Å². The first-order chi connectivity index (χ1) is 10.0. The Hall–Kier alpha value is -1.81. The molecule has 0 spiro atoms. The van der Waals surface area contributed by atoms with E-state index in [0.29, 0.717) is 17.1 Å². The number of nitrogens with zero attached hydrogens (tertiary/aromatic N) is 2. The average molecular weight is 306 g/mol. The van der Waals surface area contributed by atoms with Gasteiger partial charge in [0, 0.05) is 11.6 Å². The molecule has 0 aliphatic carbocycles. The molecule has 1 aromatic heterocycles. The van der Waals surface area contributed by atoms with Crippen molar-refractivity contribution in [1.29, 1.82) is 0 Å². The van der Waals surface area contributed by atoms with Gasteiger partial charge < -0.3 is 5.32 Å². The summed E-state index contributed by atoms with van der Waals surface area (Å²) in [6.45, 7) is 6.81. The number of carbonyl (C=O) groups is 1. The molecule has 0 saturated heterocycles. The van der Waals surface area contributed by atoms with Gasteiger partial charge in [-0.05, 0) is 36.6 Å². The van der Waals surface area contributed by atoms with Crippen molar-refractivity contribution in [1.82, 2.24) is 15.1 Å². The monoisotopic (exact) mass is 305 g/mol. The fourth-order valence-corrected chi connectivity index (χ4v) is 2.34. The van der Waals surface area contributed by atoms with Crippen LogP contribution in [0, 0.1) is 0 Å². The molecular weight excluding hydrogens is 286 g/mol. The van der Waals surface area contributed by atoms with E-state index < -0.39 is 0 Å². The fraction of sp³-hybridized carbons (Fsp3) is 0.375. The predicted molar refractivity (Wildman–Crippen MR) is 85.3 cm³/mol. The maximum atomic E-state index is 12.2. The quantitative estimate of drug-likeness (QED) is 0.913. The first-order valence-electron chi connectivity index (χ1n) is 7.16. The summed E-state index contributed by atoms with van der Waals surface area (Å²) >= 11 is 5.92. The molecule has 0 atom stereocenters. The zero-order chi connectivity index (χ0) is 15.4. The van der Waals surface area contributed by atoms with E-state index in [0.717, 1.165) is 17.8 Å². The van der Waals surface area contributed by atoms with Crippen LogP contribution in [0.3, 0.4) is 0 Å². The van der Waals surface area contributed by atoms with Gasteiger partial charge in [0.05, 0.1) is 23.1 Å². The Balaban J connectivity index is 2.41. The summed E-state index contributed by atoms with van der Waals surface area (Å²) in [5.74, 6) is 0.117. The summed E-state index contributed by atoms with van der Waals surface area (Å²) in [6.07, 6.45) is 2.54. The molecule has 21 heavy (non-hydrogen) atoms. The smallest absolute Gasteiger partial charge is 0.254 e. The molecule has 5 heteroatoms. The van der Waals surface area contributed by atoms with Gasteiger partial charge >= 0.3 is 0 Å². The van der Waals surface area contributed by atoms with Crippen molar-refractivity contribution in [2.24, 2.45) is 0 Å². The predicted octanol–water partition coefficient (Wildman–Crippen LogP) is 3.79. The van der Waals surface area contributed by atoms with Gasteiger partial charge in [0.25, 0.3) is 5.91 Å². The van der Waals surface area contributed by atoms with E-state index in [2.05, 4.69) is 24.3 Å². The van der Waals surface area contributed by atoms with E-state index in [9.17, 15) is 4.79 Å². The van der Waals surface area contributed by atoms with Crippen LogP contribution in [0.1, 0.15) is 49.2 Å². The van der Waals surface area contributed by atoms with E-state index >= 15 is 0 Å². The van der Waals surface area contributed by atoms with Gasteiger partial charge in [0.15, 0.2) is 0 Å². The SMILES string of the molecule is CCCNC(=O)c1cnn(-c2ccc(Cl)cc2)c1C(C)C. The lowest BCUT2D eigenvalue weighted by Crippen LogP contribution is -2.25. The molecule has 0 radical (unpaired) electrons. The van der Waals surface area contributed by atoms with Crippen LogP contribution in [0.4, 0.5) is 0 Å². The van der Waals surface area contributed by atoms with Crippen LogP contribution < -0.4 is 5.32 Å². The number of halogens is 1. The lowest BCUT2D eigenvalue weighted by molar-refractivity contribution is 0.0952. The molecule has 1 N–H and O–H groups in total. The van der Waals surface area contributed by atoms with Crippen LogP contribution >= 0.6 is 11.6 Å². The Bertz CT molecular complexity index is 617. The molecule has 0 saturated carbocycles. The topological polar surface area (TPSA) is 46.9 Å². The number of aromatic nitrogens is 2. The molecule has 112 valence electrons. The van der Waals surface area contributed by atoms with E-state index in [1.165, 1.54) is 0 Å². The molecule has 1 heterocycles. The highest BCUT2D eigenvalue weighted by Crippen LogP contribution is 2.23. The summed E-state index contributed by atoms with van der Waals surface area (Å²) in [7, 11) is 0. The van der Waals surface area contributed by atoms with Crippen molar-refractivity contribution >= 4 is 17.5 Å². The Kier molecular flexibility index (Phi) is 5.02. The highest BCUT2D eigenvalue weighted by Gasteiger charge is 2.20. The summed E-state index contributed by atoms with van der Waals surface area (Å²) in [5, 5.41) is 7.96. The van der Waals surface area contributed by atoms with E-state index in [1.54, 1.807) is 6.20 Å². The van der Waals surface area contributed by atoms with Crippen LogP contribution in [0.25, 0.3) is 5.69 Å². The summed E-state index contributed by atoms with van der Waals surface area (Å²) in [5.41, 5.74) is 2.44. The van der Waals surface area contributed by atoms with Crippen LogP contribution in [0.15, 0.2) is 30.5 Å². The molecule has 4 nitrogen and oxygen atoms in total. The highest BCUT2D eigenvalue weighted by molar-refractivity contribution is 6.30. The molecular formula is C16H20ClN3O. The first kappa shape index (κ1) is 15.6. The average Bonchev–Trinajstić information content (AvgIpc) is 2.90. The maximum Gasteiger partial charge on any atom is 0.254 e. The number of hydrogen-bond donors (Lipinski definition) is 1. The first-order valence-corrected chi connectivity index (χ1v) is 7.54. The lowest BCUT2D eigenvalue weighted by Gasteiger charge is -2.13.